The summed E-state index contributed by atoms with van der Waals surface area (Å²) in [4.78, 5) is 30.6. The fourth-order valence-electron chi connectivity index (χ4n) is 4.86. The Balaban J connectivity index is 1.70. The normalized spacial score (nSPS) is 24.2. The smallest absolute Gasteiger partial charge is 0.257 e. The van der Waals surface area contributed by atoms with Gasteiger partial charge in [0.05, 0.1) is 13.2 Å². The summed E-state index contributed by atoms with van der Waals surface area (Å²) in [5, 5.41) is 0. The molecular formula is C25H30N2O3. The monoisotopic (exact) mass is 406 g/mol. The first-order valence-corrected chi connectivity index (χ1v) is 10.7. The predicted octanol–water partition coefficient (Wildman–Crippen LogP) is 3.55. The second kappa shape index (κ2) is 7.88. The molecule has 4 rings (SSSR count). The number of carbonyl (C=O) groups excluding carboxylic acids is 2. The van der Waals surface area contributed by atoms with Crippen molar-refractivity contribution in [2.75, 3.05) is 26.2 Å². The van der Waals surface area contributed by atoms with E-state index in [1.54, 1.807) is 4.90 Å². The maximum Gasteiger partial charge on any atom is 0.257 e. The van der Waals surface area contributed by atoms with E-state index in [9.17, 15) is 9.59 Å². The van der Waals surface area contributed by atoms with Crippen LogP contribution >= 0.6 is 0 Å². The summed E-state index contributed by atoms with van der Waals surface area (Å²) >= 11 is 0. The zero-order valence-corrected chi connectivity index (χ0v) is 18.2. The van der Waals surface area contributed by atoms with E-state index in [1.165, 1.54) is 0 Å². The first kappa shape index (κ1) is 20.6. The van der Waals surface area contributed by atoms with Gasteiger partial charge in [-0.25, -0.2) is 0 Å². The van der Waals surface area contributed by atoms with E-state index in [4.69, 9.17) is 4.74 Å². The molecule has 5 heteroatoms. The van der Waals surface area contributed by atoms with Gasteiger partial charge in [0.2, 0.25) is 0 Å². The average molecular weight is 407 g/mol. The summed E-state index contributed by atoms with van der Waals surface area (Å²) < 4.78 is 6.26. The number of likely N-dealkylation sites (tertiary alicyclic amines) is 1. The van der Waals surface area contributed by atoms with Gasteiger partial charge in [0.1, 0.15) is 0 Å². The van der Waals surface area contributed by atoms with E-state index >= 15 is 0 Å². The highest BCUT2D eigenvalue weighted by Gasteiger charge is 2.58. The third-order valence-electron chi connectivity index (χ3n) is 6.29. The standard InChI is InChI=1S/C25H30N2O3/c1-17(2)27-15-22(20-8-6-5-7-9-20)25(24(27)29)16-26(10-11-30-25)23(28)21-13-18(3)12-19(4)14-21/h5-9,12-14,17,22H,10-11,15-16H2,1-4H3. The van der Waals surface area contributed by atoms with Gasteiger partial charge in [-0.15, -0.1) is 0 Å². The number of hydrogen-bond donors (Lipinski definition) is 0. The van der Waals surface area contributed by atoms with Gasteiger partial charge < -0.3 is 14.5 Å². The van der Waals surface area contributed by atoms with Crippen LogP contribution in [-0.4, -0.2) is 59.5 Å². The lowest BCUT2D eigenvalue weighted by molar-refractivity contribution is -0.160. The highest BCUT2D eigenvalue weighted by Crippen LogP contribution is 2.43. The van der Waals surface area contributed by atoms with Crippen molar-refractivity contribution in [3.05, 3.63) is 70.8 Å². The third-order valence-corrected chi connectivity index (χ3v) is 6.29. The Bertz CT molecular complexity index is 936. The molecule has 2 aromatic rings. The van der Waals surface area contributed by atoms with Crippen molar-refractivity contribution in [2.45, 2.75) is 45.3 Å². The average Bonchev–Trinajstić information content (AvgIpc) is 2.99. The Morgan fingerprint density at radius 2 is 1.77 bits per heavy atom. The molecule has 2 aliphatic rings. The number of ether oxygens (including phenoxy) is 1. The van der Waals surface area contributed by atoms with Crippen LogP contribution in [0.4, 0.5) is 0 Å². The fraction of sp³-hybridized carbons (Fsp3) is 0.440. The number of rotatable bonds is 3. The molecule has 2 aliphatic heterocycles. The zero-order chi connectivity index (χ0) is 21.5. The van der Waals surface area contributed by atoms with E-state index in [0.717, 1.165) is 16.7 Å². The molecule has 2 heterocycles. The SMILES string of the molecule is Cc1cc(C)cc(C(=O)N2CCOC3(C2)C(=O)N(C(C)C)CC3c2ccccc2)c1. The van der Waals surface area contributed by atoms with Gasteiger partial charge in [0, 0.05) is 30.6 Å². The van der Waals surface area contributed by atoms with E-state index < -0.39 is 5.60 Å². The number of nitrogens with zero attached hydrogens (tertiary/aromatic N) is 2. The van der Waals surface area contributed by atoms with Gasteiger partial charge >= 0.3 is 0 Å². The molecule has 2 fully saturated rings. The van der Waals surface area contributed by atoms with Crippen LogP contribution in [-0.2, 0) is 9.53 Å². The number of morpholine rings is 1. The quantitative estimate of drug-likeness (QED) is 0.783. The minimum Gasteiger partial charge on any atom is -0.361 e. The molecule has 0 N–H and O–H groups in total. The molecule has 0 saturated carbocycles. The highest BCUT2D eigenvalue weighted by molar-refractivity contribution is 5.96. The van der Waals surface area contributed by atoms with Gasteiger partial charge in [-0.2, -0.15) is 0 Å². The van der Waals surface area contributed by atoms with Crippen LogP contribution in [0.25, 0.3) is 0 Å². The first-order chi connectivity index (χ1) is 14.3. The number of carbonyl (C=O) groups is 2. The van der Waals surface area contributed by atoms with Crippen LogP contribution in [0.5, 0.6) is 0 Å². The highest BCUT2D eigenvalue weighted by atomic mass is 16.5. The molecule has 2 atom stereocenters. The molecule has 0 bridgehead atoms. The minimum atomic E-state index is -1.03. The zero-order valence-electron chi connectivity index (χ0n) is 18.2. The molecule has 1 spiro atoms. The fourth-order valence-corrected chi connectivity index (χ4v) is 4.86. The largest absolute Gasteiger partial charge is 0.361 e. The topological polar surface area (TPSA) is 49.9 Å². The summed E-state index contributed by atoms with van der Waals surface area (Å²) in [6.07, 6.45) is 0. The minimum absolute atomic E-state index is 0.00993. The molecule has 158 valence electrons. The molecular weight excluding hydrogens is 376 g/mol. The second-order valence-electron chi connectivity index (χ2n) is 8.86. The van der Waals surface area contributed by atoms with Crippen LogP contribution < -0.4 is 0 Å². The maximum atomic E-state index is 13.6. The van der Waals surface area contributed by atoms with Crippen molar-refractivity contribution in [3.63, 3.8) is 0 Å². The summed E-state index contributed by atoms with van der Waals surface area (Å²) in [6, 6.07) is 16.0. The number of hydrogen-bond acceptors (Lipinski definition) is 3. The Morgan fingerprint density at radius 3 is 2.40 bits per heavy atom. The van der Waals surface area contributed by atoms with Gasteiger partial charge in [-0.1, -0.05) is 47.5 Å². The van der Waals surface area contributed by atoms with Crippen molar-refractivity contribution in [3.8, 4) is 0 Å². The molecule has 0 aromatic heterocycles. The Kier molecular flexibility index (Phi) is 5.41. The molecule has 2 unspecified atom stereocenters. The molecule has 0 radical (unpaired) electrons. The number of amides is 2. The van der Waals surface area contributed by atoms with E-state index in [1.807, 2.05) is 62.9 Å². The van der Waals surface area contributed by atoms with Gasteiger partial charge in [-0.05, 0) is 45.4 Å². The van der Waals surface area contributed by atoms with Crippen molar-refractivity contribution in [2.24, 2.45) is 0 Å². The molecule has 2 amide bonds. The summed E-state index contributed by atoms with van der Waals surface area (Å²) in [6.45, 7) is 9.78. The van der Waals surface area contributed by atoms with Crippen molar-refractivity contribution in [1.29, 1.82) is 0 Å². The van der Waals surface area contributed by atoms with Gasteiger partial charge in [-0.3, -0.25) is 9.59 Å². The molecule has 2 saturated heterocycles. The van der Waals surface area contributed by atoms with Crippen LogP contribution in [0, 0.1) is 13.8 Å². The summed E-state index contributed by atoms with van der Waals surface area (Å²) in [7, 11) is 0. The second-order valence-corrected chi connectivity index (χ2v) is 8.86. The van der Waals surface area contributed by atoms with Crippen LogP contribution in [0.1, 0.15) is 46.8 Å². The van der Waals surface area contributed by atoms with Crippen LogP contribution in [0.3, 0.4) is 0 Å². The van der Waals surface area contributed by atoms with Crippen LogP contribution in [0.15, 0.2) is 48.5 Å². The van der Waals surface area contributed by atoms with Crippen molar-refractivity contribution in [1.82, 2.24) is 9.80 Å². The Hall–Kier alpha value is -2.66. The van der Waals surface area contributed by atoms with E-state index in [0.29, 0.717) is 25.3 Å². The molecule has 0 aliphatic carbocycles. The lowest BCUT2D eigenvalue weighted by atomic mass is 9.83. The summed E-state index contributed by atoms with van der Waals surface area (Å²) in [5.41, 5.74) is 2.85. The van der Waals surface area contributed by atoms with Gasteiger partial charge in [0.25, 0.3) is 11.8 Å². The van der Waals surface area contributed by atoms with Crippen LogP contribution in [0.2, 0.25) is 0 Å². The predicted molar refractivity (Wildman–Crippen MR) is 117 cm³/mol. The summed E-state index contributed by atoms with van der Waals surface area (Å²) in [5.74, 6) is -0.153. The Labute approximate surface area is 178 Å². The molecule has 5 nitrogen and oxygen atoms in total. The van der Waals surface area contributed by atoms with E-state index in [-0.39, 0.29) is 30.3 Å². The number of aryl methyl sites for hydroxylation is 2. The lowest BCUT2D eigenvalue weighted by Gasteiger charge is -2.42. The van der Waals surface area contributed by atoms with Crippen molar-refractivity contribution >= 4 is 11.8 Å². The Morgan fingerprint density at radius 1 is 1.10 bits per heavy atom. The number of benzene rings is 2. The maximum absolute atomic E-state index is 13.6. The van der Waals surface area contributed by atoms with Crippen molar-refractivity contribution < 1.29 is 14.3 Å². The molecule has 30 heavy (non-hydrogen) atoms. The van der Waals surface area contributed by atoms with E-state index in [2.05, 4.69) is 18.2 Å². The lowest BCUT2D eigenvalue weighted by Crippen LogP contribution is -2.59. The third kappa shape index (κ3) is 3.52. The first-order valence-electron chi connectivity index (χ1n) is 10.7. The molecule has 2 aromatic carbocycles. The van der Waals surface area contributed by atoms with Gasteiger partial charge in [0.15, 0.2) is 5.60 Å².